The van der Waals surface area contributed by atoms with Gasteiger partial charge in [0.15, 0.2) is 12.4 Å². The molecule has 0 aromatic carbocycles. The molecule has 0 aliphatic heterocycles. The molecule has 9 heteroatoms. The van der Waals surface area contributed by atoms with Gasteiger partial charge in [0.25, 0.3) is 5.91 Å². The number of nitrogens with one attached hydrogen (secondary N) is 1. The number of pyridine rings is 1. The molecule has 0 spiro atoms. The first-order valence-electron chi connectivity index (χ1n) is 6.09. The number of hydrogen-bond acceptors (Lipinski definition) is 6. The van der Waals surface area contributed by atoms with Gasteiger partial charge in [-0.1, -0.05) is 28.4 Å². The molecule has 2 aromatic heterocycles. The largest absolute Gasteiger partial charge is 0.452 e. The highest BCUT2D eigenvalue weighted by Crippen LogP contribution is 2.22. The Bertz CT molecular complexity index is 711. The molecule has 0 aliphatic carbocycles. The van der Waals surface area contributed by atoms with Crippen molar-refractivity contribution >= 4 is 40.9 Å². The summed E-state index contributed by atoms with van der Waals surface area (Å²) in [6.45, 7) is 2.68. The van der Waals surface area contributed by atoms with Crippen molar-refractivity contribution in [2.24, 2.45) is 0 Å². The number of halogens is 2. The van der Waals surface area contributed by atoms with Crippen molar-refractivity contribution in [3.63, 3.8) is 0 Å². The summed E-state index contributed by atoms with van der Waals surface area (Å²) in [6, 6.07) is 1.43. The number of amides is 1. The van der Waals surface area contributed by atoms with Crippen molar-refractivity contribution < 1.29 is 18.8 Å². The number of rotatable bonds is 4. The third-order valence-corrected chi connectivity index (χ3v) is 3.13. The summed E-state index contributed by atoms with van der Waals surface area (Å²) in [5.41, 5.74) is 0.598. The highest BCUT2D eigenvalue weighted by Gasteiger charge is 2.20. The lowest BCUT2D eigenvalue weighted by Gasteiger charge is -2.07. The van der Waals surface area contributed by atoms with Crippen molar-refractivity contribution in [1.29, 1.82) is 0 Å². The van der Waals surface area contributed by atoms with Gasteiger partial charge in [-0.3, -0.25) is 4.79 Å². The maximum Gasteiger partial charge on any atom is 0.344 e. The molecule has 116 valence electrons. The second kappa shape index (κ2) is 6.76. The van der Waals surface area contributed by atoms with Crippen molar-refractivity contribution in [3.05, 3.63) is 39.3 Å². The van der Waals surface area contributed by atoms with Crippen LogP contribution < -0.4 is 5.32 Å². The van der Waals surface area contributed by atoms with E-state index in [9.17, 15) is 9.59 Å². The summed E-state index contributed by atoms with van der Waals surface area (Å²) in [4.78, 5) is 27.5. The first-order chi connectivity index (χ1) is 10.4. The van der Waals surface area contributed by atoms with Gasteiger partial charge in [-0.25, -0.2) is 9.78 Å². The Morgan fingerprint density at radius 2 is 2.09 bits per heavy atom. The lowest BCUT2D eigenvalue weighted by Crippen LogP contribution is -2.22. The first kappa shape index (κ1) is 16.3. The second-order valence-electron chi connectivity index (χ2n) is 4.31. The van der Waals surface area contributed by atoms with Crippen LogP contribution in [0.3, 0.4) is 0 Å². The Morgan fingerprint density at radius 3 is 2.68 bits per heavy atom. The fraction of sp³-hybridized carbons (Fsp3) is 0.231. The number of anilines is 1. The number of hydrogen-bond donors (Lipinski definition) is 1. The monoisotopic (exact) mass is 343 g/mol. The van der Waals surface area contributed by atoms with E-state index >= 15 is 0 Å². The zero-order valence-electron chi connectivity index (χ0n) is 11.6. The molecule has 0 fully saturated rings. The quantitative estimate of drug-likeness (QED) is 0.857. The topological polar surface area (TPSA) is 94.3 Å². The fourth-order valence-electron chi connectivity index (χ4n) is 1.65. The molecule has 2 rings (SSSR count). The van der Waals surface area contributed by atoms with Crippen LogP contribution in [0.15, 0.2) is 16.8 Å². The van der Waals surface area contributed by atoms with Gasteiger partial charge in [0, 0.05) is 6.20 Å². The molecule has 0 atom stereocenters. The third kappa shape index (κ3) is 3.75. The molecule has 0 aliphatic rings. The number of nitrogens with zero attached hydrogens (tertiary/aromatic N) is 2. The molecular formula is C13H11Cl2N3O4. The maximum atomic E-state index is 11.9. The predicted octanol–water partition coefficient (Wildman–Crippen LogP) is 2.79. The summed E-state index contributed by atoms with van der Waals surface area (Å²) in [5.74, 6) is -0.826. The zero-order chi connectivity index (χ0) is 16.3. The van der Waals surface area contributed by atoms with E-state index in [1.165, 1.54) is 12.3 Å². The van der Waals surface area contributed by atoms with Crippen LogP contribution >= 0.6 is 23.2 Å². The van der Waals surface area contributed by atoms with Crippen molar-refractivity contribution in [2.45, 2.75) is 13.8 Å². The van der Waals surface area contributed by atoms with Crippen LogP contribution in [0.25, 0.3) is 0 Å². The average Bonchev–Trinajstić information content (AvgIpc) is 2.79. The molecule has 1 amide bonds. The number of ether oxygens (including phenoxy) is 1. The summed E-state index contributed by atoms with van der Waals surface area (Å²) >= 11 is 11.6. The number of carbonyl (C=O) groups is 2. The molecule has 0 radical (unpaired) electrons. The average molecular weight is 344 g/mol. The standard InChI is InChI=1S/C13H11Cl2N3O4/c1-6-11(7(2)22-18-6)13(20)21-5-10(19)17-12-9(15)3-8(14)4-16-12/h3-4H,5H2,1-2H3,(H,16,17,19). The Hall–Kier alpha value is -2.12. The minimum Gasteiger partial charge on any atom is -0.452 e. The number of carbonyl (C=O) groups excluding carboxylic acids is 2. The van der Waals surface area contributed by atoms with Crippen LogP contribution in [0.5, 0.6) is 0 Å². The third-order valence-electron chi connectivity index (χ3n) is 2.64. The van der Waals surface area contributed by atoms with Gasteiger partial charge < -0.3 is 14.6 Å². The van der Waals surface area contributed by atoms with Crippen LogP contribution in [0.4, 0.5) is 5.82 Å². The lowest BCUT2D eigenvalue weighted by molar-refractivity contribution is -0.119. The van der Waals surface area contributed by atoms with E-state index in [2.05, 4.69) is 15.5 Å². The Morgan fingerprint density at radius 1 is 1.36 bits per heavy atom. The first-order valence-corrected chi connectivity index (χ1v) is 6.85. The van der Waals surface area contributed by atoms with Gasteiger partial charge in [-0.05, 0) is 19.9 Å². The van der Waals surface area contributed by atoms with Crippen LogP contribution in [0.2, 0.25) is 10.0 Å². The van der Waals surface area contributed by atoms with Gasteiger partial charge in [-0.2, -0.15) is 0 Å². The van der Waals surface area contributed by atoms with Gasteiger partial charge in [0.05, 0.1) is 15.7 Å². The number of aromatic nitrogens is 2. The molecule has 1 N–H and O–H groups in total. The van der Waals surface area contributed by atoms with E-state index < -0.39 is 18.5 Å². The summed E-state index contributed by atoms with van der Waals surface area (Å²) < 4.78 is 9.75. The minimum atomic E-state index is -0.693. The summed E-state index contributed by atoms with van der Waals surface area (Å²) in [6.07, 6.45) is 1.33. The molecule has 2 heterocycles. The highest BCUT2D eigenvalue weighted by molar-refractivity contribution is 6.36. The molecule has 7 nitrogen and oxygen atoms in total. The van der Waals surface area contributed by atoms with Gasteiger partial charge in [0.1, 0.15) is 11.3 Å². The Labute approximate surface area is 135 Å². The maximum absolute atomic E-state index is 11.9. The van der Waals surface area contributed by atoms with Crippen LogP contribution in [0.1, 0.15) is 21.8 Å². The summed E-state index contributed by atoms with van der Waals surface area (Å²) in [7, 11) is 0. The predicted molar refractivity (Wildman–Crippen MR) is 79.1 cm³/mol. The number of aryl methyl sites for hydroxylation is 2. The fourth-order valence-corrected chi connectivity index (χ4v) is 2.08. The van der Waals surface area contributed by atoms with E-state index in [4.69, 9.17) is 32.5 Å². The molecule has 0 unspecified atom stereocenters. The van der Waals surface area contributed by atoms with Gasteiger partial charge >= 0.3 is 5.97 Å². The molecule has 0 bridgehead atoms. The molecule has 22 heavy (non-hydrogen) atoms. The van der Waals surface area contributed by atoms with Crippen molar-refractivity contribution in [2.75, 3.05) is 11.9 Å². The molecule has 0 saturated heterocycles. The van der Waals surface area contributed by atoms with Crippen molar-refractivity contribution in [3.8, 4) is 0 Å². The van der Waals surface area contributed by atoms with E-state index in [-0.39, 0.29) is 16.4 Å². The minimum absolute atomic E-state index is 0.129. The second-order valence-corrected chi connectivity index (χ2v) is 5.15. The Kier molecular flexibility index (Phi) is 4.99. The SMILES string of the molecule is Cc1noc(C)c1C(=O)OCC(=O)Nc1ncc(Cl)cc1Cl. The van der Waals surface area contributed by atoms with Gasteiger partial charge in [0.2, 0.25) is 0 Å². The van der Waals surface area contributed by atoms with E-state index in [1.807, 2.05) is 0 Å². The number of esters is 1. The normalized spacial score (nSPS) is 10.4. The Balaban J connectivity index is 1.94. The van der Waals surface area contributed by atoms with Crippen LogP contribution in [-0.4, -0.2) is 28.6 Å². The van der Waals surface area contributed by atoms with Gasteiger partial charge in [-0.15, -0.1) is 0 Å². The van der Waals surface area contributed by atoms with E-state index in [0.717, 1.165) is 0 Å². The summed E-state index contributed by atoms with van der Waals surface area (Å²) in [5, 5.41) is 6.57. The van der Waals surface area contributed by atoms with Crippen LogP contribution in [-0.2, 0) is 9.53 Å². The zero-order valence-corrected chi connectivity index (χ0v) is 13.2. The molecule has 0 saturated carbocycles. The highest BCUT2D eigenvalue weighted by atomic mass is 35.5. The molecular weight excluding hydrogens is 333 g/mol. The van der Waals surface area contributed by atoms with Crippen LogP contribution in [0, 0.1) is 13.8 Å². The molecule has 2 aromatic rings. The van der Waals surface area contributed by atoms with E-state index in [0.29, 0.717) is 16.5 Å². The van der Waals surface area contributed by atoms with Crippen molar-refractivity contribution in [1.82, 2.24) is 10.1 Å². The lowest BCUT2D eigenvalue weighted by atomic mass is 10.2. The smallest absolute Gasteiger partial charge is 0.344 e. The van der Waals surface area contributed by atoms with E-state index in [1.54, 1.807) is 13.8 Å².